The molecule has 1 aliphatic heterocycles. The first-order valence-electron chi connectivity index (χ1n) is 9.35. The first-order valence-corrected chi connectivity index (χ1v) is 11.7. The Hall–Kier alpha value is -2.16. The van der Waals surface area contributed by atoms with E-state index in [2.05, 4.69) is 15.9 Å². The normalized spacial score (nSPS) is 15.7. The number of hydrogen-bond donors (Lipinski definition) is 0. The van der Waals surface area contributed by atoms with Gasteiger partial charge in [0.1, 0.15) is 5.58 Å². The van der Waals surface area contributed by atoms with Crippen LogP contribution in [0.1, 0.15) is 21.7 Å². The third-order valence-corrected chi connectivity index (χ3v) is 7.55. The summed E-state index contributed by atoms with van der Waals surface area (Å²) in [7, 11) is -3.42. The Balaban J connectivity index is 1.46. The average molecular weight is 477 g/mol. The Bertz CT molecular complexity index is 1150. The van der Waals surface area contributed by atoms with Gasteiger partial charge < -0.3 is 9.32 Å². The van der Waals surface area contributed by atoms with Crippen molar-refractivity contribution in [3.63, 3.8) is 0 Å². The van der Waals surface area contributed by atoms with Crippen molar-refractivity contribution in [2.45, 2.75) is 12.7 Å². The van der Waals surface area contributed by atoms with Crippen molar-refractivity contribution in [1.82, 2.24) is 9.21 Å². The predicted molar refractivity (Wildman–Crippen MR) is 115 cm³/mol. The molecule has 0 radical (unpaired) electrons. The van der Waals surface area contributed by atoms with Gasteiger partial charge in [0.2, 0.25) is 10.0 Å². The number of rotatable bonds is 4. The van der Waals surface area contributed by atoms with Gasteiger partial charge in [-0.05, 0) is 30.7 Å². The molecule has 1 fully saturated rings. The van der Waals surface area contributed by atoms with Gasteiger partial charge in [0, 0.05) is 41.6 Å². The predicted octanol–water partition coefficient (Wildman–Crippen LogP) is 3.79. The van der Waals surface area contributed by atoms with Gasteiger partial charge in [-0.1, -0.05) is 46.3 Å². The van der Waals surface area contributed by atoms with Crippen LogP contribution in [-0.4, -0.2) is 49.7 Å². The minimum atomic E-state index is -3.42. The highest BCUT2D eigenvalue weighted by molar-refractivity contribution is 9.10. The second-order valence-corrected chi connectivity index (χ2v) is 10.0. The summed E-state index contributed by atoms with van der Waals surface area (Å²) >= 11 is 3.44. The van der Waals surface area contributed by atoms with Gasteiger partial charge in [0.15, 0.2) is 5.76 Å². The van der Waals surface area contributed by atoms with Gasteiger partial charge in [-0.3, -0.25) is 4.79 Å². The van der Waals surface area contributed by atoms with E-state index >= 15 is 0 Å². The summed E-state index contributed by atoms with van der Waals surface area (Å²) in [5.74, 6) is 0.0907. The SMILES string of the molecule is Cc1c(C(=O)N2CCN(S(=O)(=O)Cc3ccccc3)CC2)oc2ccc(Br)cc12. The molecule has 0 aliphatic carbocycles. The second-order valence-electron chi connectivity index (χ2n) is 7.13. The van der Waals surface area contributed by atoms with Crippen LogP contribution in [0.25, 0.3) is 11.0 Å². The van der Waals surface area contributed by atoms with E-state index in [1.165, 1.54) is 4.31 Å². The van der Waals surface area contributed by atoms with Crippen LogP contribution in [0.3, 0.4) is 0 Å². The molecule has 2 aromatic carbocycles. The lowest BCUT2D eigenvalue weighted by Crippen LogP contribution is -2.50. The number of sulfonamides is 1. The fourth-order valence-electron chi connectivity index (χ4n) is 3.59. The van der Waals surface area contributed by atoms with E-state index in [9.17, 15) is 13.2 Å². The molecule has 0 bridgehead atoms. The minimum absolute atomic E-state index is 0.0284. The number of piperazine rings is 1. The summed E-state index contributed by atoms with van der Waals surface area (Å²) in [5.41, 5.74) is 2.22. The maximum Gasteiger partial charge on any atom is 0.289 e. The molecule has 152 valence electrons. The summed E-state index contributed by atoms with van der Waals surface area (Å²) < 4.78 is 33.6. The Morgan fingerprint density at radius 1 is 1.07 bits per heavy atom. The maximum absolute atomic E-state index is 13.0. The van der Waals surface area contributed by atoms with E-state index in [0.29, 0.717) is 24.4 Å². The van der Waals surface area contributed by atoms with Crippen molar-refractivity contribution < 1.29 is 17.6 Å². The van der Waals surface area contributed by atoms with Crippen molar-refractivity contribution in [3.05, 3.63) is 69.9 Å². The quantitative estimate of drug-likeness (QED) is 0.574. The third-order valence-electron chi connectivity index (χ3n) is 5.20. The lowest BCUT2D eigenvalue weighted by atomic mass is 10.1. The van der Waals surface area contributed by atoms with E-state index < -0.39 is 10.0 Å². The number of carbonyl (C=O) groups is 1. The number of benzene rings is 2. The van der Waals surface area contributed by atoms with Crippen LogP contribution < -0.4 is 0 Å². The number of furan rings is 1. The van der Waals surface area contributed by atoms with Crippen LogP contribution in [0.4, 0.5) is 0 Å². The summed E-state index contributed by atoms with van der Waals surface area (Å²) in [6.07, 6.45) is 0. The third kappa shape index (κ3) is 4.10. The molecule has 0 saturated carbocycles. The molecule has 1 aliphatic rings. The van der Waals surface area contributed by atoms with Crippen LogP contribution in [-0.2, 0) is 15.8 Å². The van der Waals surface area contributed by atoms with Crippen molar-refractivity contribution in [3.8, 4) is 0 Å². The molecule has 4 rings (SSSR count). The smallest absolute Gasteiger partial charge is 0.289 e. The van der Waals surface area contributed by atoms with E-state index in [1.807, 2.05) is 43.3 Å². The van der Waals surface area contributed by atoms with Crippen LogP contribution >= 0.6 is 15.9 Å². The van der Waals surface area contributed by atoms with E-state index in [0.717, 1.165) is 21.0 Å². The zero-order valence-electron chi connectivity index (χ0n) is 16.0. The molecule has 8 heteroatoms. The summed E-state index contributed by atoms with van der Waals surface area (Å²) in [6, 6.07) is 14.8. The Kier molecular flexibility index (Phi) is 5.50. The van der Waals surface area contributed by atoms with Crippen LogP contribution in [0.2, 0.25) is 0 Å². The zero-order valence-corrected chi connectivity index (χ0v) is 18.4. The number of carbonyl (C=O) groups excluding carboxylic acids is 1. The van der Waals surface area contributed by atoms with E-state index in [4.69, 9.17) is 4.42 Å². The topological polar surface area (TPSA) is 70.8 Å². The van der Waals surface area contributed by atoms with Gasteiger partial charge in [0.25, 0.3) is 5.91 Å². The Labute approximate surface area is 178 Å². The fraction of sp³-hybridized carbons (Fsp3) is 0.286. The lowest BCUT2D eigenvalue weighted by Gasteiger charge is -2.33. The average Bonchev–Trinajstić information content (AvgIpc) is 3.04. The molecule has 1 saturated heterocycles. The highest BCUT2D eigenvalue weighted by Crippen LogP contribution is 2.29. The van der Waals surface area contributed by atoms with Crippen molar-refractivity contribution in [2.75, 3.05) is 26.2 Å². The van der Waals surface area contributed by atoms with Gasteiger partial charge in [0.05, 0.1) is 5.75 Å². The molecule has 0 unspecified atom stereocenters. The number of aryl methyl sites for hydroxylation is 1. The Morgan fingerprint density at radius 3 is 2.45 bits per heavy atom. The van der Waals surface area contributed by atoms with Crippen molar-refractivity contribution in [1.29, 1.82) is 0 Å². The summed E-state index contributed by atoms with van der Waals surface area (Å²) in [4.78, 5) is 14.6. The molecular weight excluding hydrogens is 456 g/mol. The van der Waals surface area contributed by atoms with E-state index in [-0.39, 0.29) is 24.7 Å². The highest BCUT2D eigenvalue weighted by atomic mass is 79.9. The highest BCUT2D eigenvalue weighted by Gasteiger charge is 2.31. The molecule has 2 heterocycles. The zero-order chi connectivity index (χ0) is 20.6. The number of halogens is 1. The van der Waals surface area contributed by atoms with Gasteiger partial charge in [-0.15, -0.1) is 0 Å². The van der Waals surface area contributed by atoms with Crippen LogP contribution in [0.5, 0.6) is 0 Å². The molecule has 1 aromatic heterocycles. The monoisotopic (exact) mass is 476 g/mol. The molecular formula is C21H21BrN2O4S. The minimum Gasteiger partial charge on any atom is -0.451 e. The summed E-state index contributed by atoms with van der Waals surface area (Å²) in [5, 5.41) is 0.895. The first kappa shape index (κ1) is 20.1. The summed E-state index contributed by atoms with van der Waals surface area (Å²) in [6.45, 7) is 3.11. The molecule has 1 amide bonds. The number of fused-ring (bicyclic) bond motifs is 1. The second kappa shape index (κ2) is 7.93. The molecule has 0 spiro atoms. The molecule has 6 nitrogen and oxygen atoms in total. The van der Waals surface area contributed by atoms with Crippen LogP contribution in [0, 0.1) is 6.92 Å². The van der Waals surface area contributed by atoms with Gasteiger partial charge in [-0.25, -0.2) is 8.42 Å². The molecule has 29 heavy (non-hydrogen) atoms. The molecule has 3 aromatic rings. The van der Waals surface area contributed by atoms with E-state index in [1.54, 1.807) is 17.0 Å². The number of nitrogens with zero attached hydrogens (tertiary/aromatic N) is 2. The standard InChI is InChI=1S/C21H21BrN2O4S/c1-15-18-13-17(22)7-8-19(18)28-20(15)21(25)23-9-11-24(12-10-23)29(26,27)14-16-5-3-2-4-6-16/h2-8,13H,9-12,14H2,1H3. The number of amides is 1. The van der Waals surface area contributed by atoms with Gasteiger partial charge >= 0.3 is 0 Å². The largest absolute Gasteiger partial charge is 0.451 e. The molecule has 0 N–H and O–H groups in total. The first-order chi connectivity index (χ1) is 13.8. The van der Waals surface area contributed by atoms with Gasteiger partial charge in [-0.2, -0.15) is 4.31 Å². The molecule has 0 atom stereocenters. The van der Waals surface area contributed by atoms with Crippen molar-refractivity contribution >= 4 is 42.8 Å². The van der Waals surface area contributed by atoms with Crippen LogP contribution in [0.15, 0.2) is 57.4 Å². The lowest BCUT2D eigenvalue weighted by molar-refractivity contribution is 0.0667. The van der Waals surface area contributed by atoms with Crippen molar-refractivity contribution in [2.24, 2.45) is 0 Å². The Morgan fingerprint density at radius 2 is 1.76 bits per heavy atom. The maximum atomic E-state index is 13.0. The number of hydrogen-bond acceptors (Lipinski definition) is 4. The fourth-order valence-corrected chi connectivity index (χ4v) is 5.46.